The van der Waals surface area contributed by atoms with Gasteiger partial charge in [-0.2, -0.15) is 4.37 Å². The SMILES string of the molecule is Cc1csc(-c2c(N)nsc2N(C)CC2CCCC2)n1. The van der Waals surface area contributed by atoms with E-state index in [9.17, 15) is 0 Å². The molecule has 2 aromatic heterocycles. The van der Waals surface area contributed by atoms with Crippen molar-refractivity contribution >= 4 is 33.7 Å². The van der Waals surface area contributed by atoms with Gasteiger partial charge >= 0.3 is 0 Å². The molecule has 6 heteroatoms. The Kier molecular flexibility index (Phi) is 3.94. The molecule has 0 saturated heterocycles. The third kappa shape index (κ3) is 2.67. The smallest absolute Gasteiger partial charge is 0.149 e. The first-order valence-electron chi connectivity index (χ1n) is 7.04. The highest BCUT2D eigenvalue weighted by molar-refractivity contribution is 7.15. The highest BCUT2D eigenvalue weighted by Crippen LogP contribution is 2.41. The minimum atomic E-state index is 0.609. The van der Waals surface area contributed by atoms with Crippen LogP contribution < -0.4 is 10.6 Å². The molecule has 2 N–H and O–H groups in total. The topological polar surface area (TPSA) is 55.0 Å². The number of nitrogens with two attached hydrogens (primary N) is 1. The maximum Gasteiger partial charge on any atom is 0.149 e. The van der Waals surface area contributed by atoms with Crippen LogP contribution in [0.25, 0.3) is 10.6 Å². The summed E-state index contributed by atoms with van der Waals surface area (Å²) in [6.45, 7) is 3.11. The summed E-state index contributed by atoms with van der Waals surface area (Å²) in [6, 6.07) is 0. The number of rotatable bonds is 4. The standard InChI is InChI=1S/C14H20N4S2/c1-9-8-19-13(16-9)11-12(15)17-20-14(11)18(2)7-10-5-3-4-6-10/h8,10H,3-7H2,1-2H3,(H2,15,17). The van der Waals surface area contributed by atoms with E-state index >= 15 is 0 Å². The number of aromatic nitrogens is 2. The predicted molar refractivity (Wildman–Crippen MR) is 87.6 cm³/mol. The van der Waals surface area contributed by atoms with Crippen LogP contribution in [0.1, 0.15) is 31.4 Å². The van der Waals surface area contributed by atoms with E-state index in [4.69, 9.17) is 5.73 Å². The average molecular weight is 308 g/mol. The average Bonchev–Trinajstić information content (AvgIpc) is 3.10. The van der Waals surface area contributed by atoms with Gasteiger partial charge in [0.1, 0.15) is 15.8 Å². The van der Waals surface area contributed by atoms with E-state index < -0.39 is 0 Å². The molecule has 2 aromatic rings. The molecule has 0 spiro atoms. The first kappa shape index (κ1) is 13.8. The van der Waals surface area contributed by atoms with Gasteiger partial charge in [0.2, 0.25) is 0 Å². The molecule has 20 heavy (non-hydrogen) atoms. The van der Waals surface area contributed by atoms with Gasteiger partial charge in [-0.05, 0) is 37.2 Å². The minimum Gasteiger partial charge on any atom is -0.382 e. The molecule has 0 amide bonds. The maximum absolute atomic E-state index is 6.07. The van der Waals surface area contributed by atoms with Gasteiger partial charge in [0, 0.05) is 24.7 Å². The summed E-state index contributed by atoms with van der Waals surface area (Å²) in [5.41, 5.74) is 8.13. The van der Waals surface area contributed by atoms with Crippen LogP contribution in [0.15, 0.2) is 5.38 Å². The van der Waals surface area contributed by atoms with Crippen LogP contribution in [0.4, 0.5) is 10.8 Å². The fourth-order valence-electron chi connectivity index (χ4n) is 2.89. The van der Waals surface area contributed by atoms with Crippen LogP contribution in [-0.2, 0) is 0 Å². The minimum absolute atomic E-state index is 0.609. The van der Waals surface area contributed by atoms with Gasteiger partial charge in [0.25, 0.3) is 0 Å². The fourth-order valence-corrected chi connectivity index (χ4v) is 4.58. The number of nitrogens with zero attached hydrogens (tertiary/aromatic N) is 3. The van der Waals surface area contributed by atoms with Gasteiger partial charge in [0.15, 0.2) is 0 Å². The molecule has 1 aliphatic carbocycles. The normalized spacial score (nSPS) is 15.9. The molecule has 1 aliphatic rings. The van der Waals surface area contributed by atoms with Crippen LogP contribution in [0.3, 0.4) is 0 Å². The van der Waals surface area contributed by atoms with Crippen molar-refractivity contribution in [2.45, 2.75) is 32.6 Å². The summed E-state index contributed by atoms with van der Waals surface area (Å²) in [4.78, 5) is 6.88. The second-order valence-electron chi connectivity index (χ2n) is 5.57. The Morgan fingerprint density at radius 1 is 1.40 bits per heavy atom. The summed E-state index contributed by atoms with van der Waals surface area (Å²) < 4.78 is 4.34. The molecule has 4 nitrogen and oxygen atoms in total. The summed E-state index contributed by atoms with van der Waals surface area (Å²) >= 11 is 3.13. The largest absolute Gasteiger partial charge is 0.382 e. The van der Waals surface area contributed by atoms with Crippen molar-refractivity contribution in [3.05, 3.63) is 11.1 Å². The molecule has 3 rings (SSSR count). The Morgan fingerprint density at radius 2 is 2.15 bits per heavy atom. The number of nitrogen functional groups attached to an aromatic ring is 1. The zero-order chi connectivity index (χ0) is 14.1. The lowest BCUT2D eigenvalue weighted by molar-refractivity contribution is 0.548. The first-order chi connectivity index (χ1) is 9.65. The van der Waals surface area contributed by atoms with Crippen molar-refractivity contribution < 1.29 is 0 Å². The predicted octanol–water partition coefficient (Wildman–Crippen LogP) is 3.78. The van der Waals surface area contributed by atoms with Gasteiger partial charge < -0.3 is 10.6 Å². The van der Waals surface area contributed by atoms with Crippen molar-refractivity contribution in [3.63, 3.8) is 0 Å². The van der Waals surface area contributed by atoms with Gasteiger partial charge in [-0.3, -0.25) is 0 Å². The van der Waals surface area contributed by atoms with Gasteiger partial charge in [-0.1, -0.05) is 12.8 Å². The van der Waals surface area contributed by atoms with E-state index in [0.717, 1.165) is 33.7 Å². The van der Waals surface area contributed by atoms with Crippen molar-refractivity contribution in [3.8, 4) is 10.6 Å². The molecular formula is C14H20N4S2. The molecule has 0 radical (unpaired) electrons. The lowest BCUT2D eigenvalue weighted by atomic mass is 10.1. The van der Waals surface area contributed by atoms with Crippen LogP contribution >= 0.6 is 22.9 Å². The molecular weight excluding hydrogens is 288 g/mol. The lowest BCUT2D eigenvalue weighted by Gasteiger charge is -2.22. The fraction of sp³-hybridized carbons (Fsp3) is 0.571. The van der Waals surface area contributed by atoms with E-state index in [1.54, 1.807) is 11.3 Å². The van der Waals surface area contributed by atoms with E-state index in [1.165, 1.54) is 37.2 Å². The number of aryl methyl sites for hydroxylation is 1. The number of hydrogen-bond donors (Lipinski definition) is 1. The third-order valence-electron chi connectivity index (χ3n) is 3.89. The maximum atomic E-state index is 6.07. The Balaban J connectivity index is 1.86. The second-order valence-corrected chi connectivity index (χ2v) is 7.18. The van der Waals surface area contributed by atoms with E-state index in [1.807, 2.05) is 6.92 Å². The molecule has 2 heterocycles. The molecule has 0 aliphatic heterocycles. The monoisotopic (exact) mass is 308 g/mol. The molecule has 0 aromatic carbocycles. The highest BCUT2D eigenvalue weighted by Gasteiger charge is 2.23. The van der Waals surface area contributed by atoms with E-state index in [2.05, 4.69) is 26.7 Å². The number of thiazole rings is 1. The Labute approximate surface area is 127 Å². The van der Waals surface area contributed by atoms with Crippen molar-refractivity contribution in [2.24, 2.45) is 5.92 Å². The van der Waals surface area contributed by atoms with Gasteiger partial charge in [-0.15, -0.1) is 11.3 Å². The quantitative estimate of drug-likeness (QED) is 0.934. The van der Waals surface area contributed by atoms with Crippen LogP contribution in [0.2, 0.25) is 0 Å². The Morgan fingerprint density at radius 3 is 2.80 bits per heavy atom. The summed E-state index contributed by atoms with van der Waals surface area (Å²) in [5, 5.41) is 4.21. The van der Waals surface area contributed by atoms with Crippen molar-refractivity contribution in [2.75, 3.05) is 24.2 Å². The van der Waals surface area contributed by atoms with Gasteiger partial charge in [0.05, 0.1) is 5.56 Å². The van der Waals surface area contributed by atoms with Crippen molar-refractivity contribution in [1.82, 2.24) is 9.36 Å². The first-order valence-corrected chi connectivity index (χ1v) is 8.69. The third-order valence-corrected chi connectivity index (χ3v) is 5.84. The Bertz CT molecular complexity index is 584. The molecule has 0 unspecified atom stereocenters. The lowest BCUT2D eigenvalue weighted by Crippen LogP contribution is -2.23. The molecule has 1 saturated carbocycles. The molecule has 1 fully saturated rings. The second kappa shape index (κ2) is 5.69. The number of anilines is 2. The zero-order valence-electron chi connectivity index (χ0n) is 11.9. The van der Waals surface area contributed by atoms with Gasteiger partial charge in [-0.25, -0.2) is 4.98 Å². The van der Waals surface area contributed by atoms with E-state index in [-0.39, 0.29) is 0 Å². The van der Waals surface area contributed by atoms with E-state index in [0.29, 0.717) is 5.82 Å². The van der Waals surface area contributed by atoms with Crippen molar-refractivity contribution in [1.29, 1.82) is 0 Å². The van der Waals surface area contributed by atoms with Crippen LogP contribution in [0, 0.1) is 12.8 Å². The zero-order valence-corrected chi connectivity index (χ0v) is 13.6. The number of hydrogen-bond acceptors (Lipinski definition) is 6. The summed E-state index contributed by atoms with van der Waals surface area (Å²) in [5.74, 6) is 1.42. The molecule has 108 valence electrons. The highest BCUT2D eigenvalue weighted by atomic mass is 32.1. The molecule has 0 bridgehead atoms. The Hall–Kier alpha value is -1.14. The summed E-state index contributed by atoms with van der Waals surface area (Å²) in [6.07, 6.45) is 5.46. The van der Waals surface area contributed by atoms with Crippen LogP contribution in [-0.4, -0.2) is 22.9 Å². The molecule has 0 atom stereocenters. The van der Waals surface area contributed by atoms with Crippen LogP contribution in [0.5, 0.6) is 0 Å². The summed E-state index contributed by atoms with van der Waals surface area (Å²) in [7, 11) is 2.15.